The molecule has 0 aromatic carbocycles. The van der Waals surface area contributed by atoms with Gasteiger partial charge >= 0.3 is 0 Å². The van der Waals surface area contributed by atoms with Crippen molar-refractivity contribution in [3.8, 4) is 0 Å². The highest BCUT2D eigenvalue weighted by Crippen LogP contribution is 2.31. The Morgan fingerprint density at radius 2 is 2.24 bits per heavy atom. The SMILES string of the molecule is CC1(C)CCC(=O)N(Cc2nnsc2N)CC1. The number of aromatic nitrogens is 2. The first-order valence-corrected chi connectivity index (χ1v) is 6.60. The van der Waals surface area contributed by atoms with E-state index in [2.05, 4.69) is 23.4 Å². The molecule has 1 amide bonds. The van der Waals surface area contributed by atoms with E-state index >= 15 is 0 Å². The fraction of sp³-hybridized carbons (Fsp3) is 0.727. The van der Waals surface area contributed by atoms with E-state index in [4.69, 9.17) is 5.73 Å². The number of carbonyl (C=O) groups excluding carboxylic acids is 1. The quantitative estimate of drug-likeness (QED) is 0.871. The van der Waals surface area contributed by atoms with Crippen LogP contribution in [0.4, 0.5) is 5.00 Å². The van der Waals surface area contributed by atoms with E-state index in [0.717, 1.165) is 25.1 Å². The van der Waals surface area contributed by atoms with Gasteiger partial charge in [0.15, 0.2) is 0 Å². The first-order valence-electron chi connectivity index (χ1n) is 5.82. The minimum Gasteiger partial charge on any atom is -0.388 e. The predicted octanol–water partition coefficient (Wildman–Crippen LogP) is 1.66. The molecule has 0 saturated carbocycles. The summed E-state index contributed by atoms with van der Waals surface area (Å²) in [5.41, 5.74) is 6.72. The molecular formula is C11H18N4OS. The summed E-state index contributed by atoms with van der Waals surface area (Å²) in [4.78, 5) is 13.8. The summed E-state index contributed by atoms with van der Waals surface area (Å²) in [5.74, 6) is 0.197. The van der Waals surface area contributed by atoms with Crippen LogP contribution in [0.25, 0.3) is 0 Å². The zero-order valence-electron chi connectivity index (χ0n) is 10.3. The molecule has 0 spiro atoms. The van der Waals surface area contributed by atoms with Crippen molar-refractivity contribution in [1.82, 2.24) is 14.5 Å². The number of anilines is 1. The second-order valence-electron chi connectivity index (χ2n) is 5.31. The number of nitrogen functional groups attached to an aromatic ring is 1. The lowest BCUT2D eigenvalue weighted by Gasteiger charge is -2.22. The number of amides is 1. The van der Waals surface area contributed by atoms with Gasteiger partial charge in [0.1, 0.15) is 10.7 Å². The van der Waals surface area contributed by atoms with Crippen molar-refractivity contribution < 1.29 is 4.79 Å². The van der Waals surface area contributed by atoms with Crippen LogP contribution in [0.1, 0.15) is 38.8 Å². The number of rotatable bonds is 2. The molecule has 2 heterocycles. The standard InChI is InChI=1S/C11H18N4OS/c1-11(2)4-3-9(16)15(6-5-11)7-8-10(12)17-14-13-8/h3-7,12H2,1-2H3. The second kappa shape index (κ2) is 4.60. The van der Waals surface area contributed by atoms with E-state index in [1.807, 2.05) is 4.90 Å². The Morgan fingerprint density at radius 1 is 1.47 bits per heavy atom. The Kier molecular flexibility index (Phi) is 3.33. The summed E-state index contributed by atoms with van der Waals surface area (Å²) in [6.07, 6.45) is 2.59. The average Bonchev–Trinajstić information content (AvgIpc) is 2.61. The van der Waals surface area contributed by atoms with E-state index in [1.165, 1.54) is 11.5 Å². The topological polar surface area (TPSA) is 72.1 Å². The molecule has 2 N–H and O–H groups in total. The summed E-state index contributed by atoms with van der Waals surface area (Å²) >= 11 is 1.18. The van der Waals surface area contributed by atoms with Crippen molar-refractivity contribution >= 4 is 22.4 Å². The van der Waals surface area contributed by atoms with Gasteiger partial charge in [-0.15, -0.1) is 5.10 Å². The van der Waals surface area contributed by atoms with Crippen LogP contribution < -0.4 is 5.73 Å². The Morgan fingerprint density at radius 3 is 2.88 bits per heavy atom. The fourth-order valence-corrected chi connectivity index (χ4v) is 2.40. The molecular weight excluding hydrogens is 236 g/mol. The highest BCUT2D eigenvalue weighted by molar-refractivity contribution is 7.09. The van der Waals surface area contributed by atoms with Gasteiger partial charge in [-0.05, 0) is 18.3 Å². The van der Waals surface area contributed by atoms with Gasteiger partial charge in [0.05, 0.1) is 6.54 Å². The third-order valence-corrected chi connectivity index (χ3v) is 3.95. The number of likely N-dealkylation sites (tertiary alicyclic amines) is 1. The molecule has 1 fully saturated rings. The Hall–Kier alpha value is -1.17. The lowest BCUT2D eigenvalue weighted by atomic mass is 9.85. The molecule has 1 aliphatic heterocycles. The average molecular weight is 254 g/mol. The predicted molar refractivity (Wildman–Crippen MR) is 67.4 cm³/mol. The highest BCUT2D eigenvalue weighted by atomic mass is 32.1. The van der Waals surface area contributed by atoms with Gasteiger partial charge in [0.2, 0.25) is 5.91 Å². The molecule has 1 aliphatic rings. The van der Waals surface area contributed by atoms with E-state index in [0.29, 0.717) is 18.0 Å². The summed E-state index contributed by atoms with van der Waals surface area (Å²) in [6, 6.07) is 0. The van der Waals surface area contributed by atoms with Crippen LogP contribution in [-0.4, -0.2) is 26.9 Å². The summed E-state index contributed by atoms with van der Waals surface area (Å²) in [5, 5.41) is 4.57. The first-order chi connectivity index (χ1) is 7.98. The number of nitrogens with zero attached hydrogens (tertiary/aromatic N) is 3. The molecule has 2 rings (SSSR count). The maximum atomic E-state index is 12.0. The second-order valence-corrected chi connectivity index (χ2v) is 6.10. The Balaban J connectivity index is 2.06. The van der Waals surface area contributed by atoms with Gasteiger partial charge in [-0.1, -0.05) is 18.3 Å². The zero-order valence-corrected chi connectivity index (χ0v) is 11.1. The minimum absolute atomic E-state index is 0.197. The largest absolute Gasteiger partial charge is 0.388 e. The summed E-state index contributed by atoms with van der Waals surface area (Å²) < 4.78 is 3.79. The van der Waals surface area contributed by atoms with Gasteiger partial charge in [0.25, 0.3) is 0 Å². The number of hydrogen-bond donors (Lipinski definition) is 1. The number of nitrogens with two attached hydrogens (primary N) is 1. The lowest BCUT2D eigenvalue weighted by Crippen LogP contribution is -2.30. The van der Waals surface area contributed by atoms with Crippen LogP contribution in [0, 0.1) is 5.41 Å². The van der Waals surface area contributed by atoms with Crippen molar-refractivity contribution in [3.05, 3.63) is 5.69 Å². The van der Waals surface area contributed by atoms with Crippen molar-refractivity contribution in [3.63, 3.8) is 0 Å². The first kappa shape index (κ1) is 12.3. The van der Waals surface area contributed by atoms with Crippen LogP contribution in [-0.2, 0) is 11.3 Å². The Labute approximate surface area is 105 Å². The molecule has 1 saturated heterocycles. The summed E-state index contributed by atoms with van der Waals surface area (Å²) in [6.45, 7) is 5.70. The minimum atomic E-state index is 0.197. The lowest BCUT2D eigenvalue weighted by molar-refractivity contribution is -0.131. The van der Waals surface area contributed by atoms with Crippen LogP contribution >= 0.6 is 11.5 Å². The monoisotopic (exact) mass is 254 g/mol. The molecule has 0 aliphatic carbocycles. The van der Waals surface area contributed by atoms with E-state index in [1.54, 1.807) is 0 Å². The van der Waals surface area contributed by atoms with Crippen molar-refractivity contribution in [2.75, 3.05) is 12.3 Å². The molecule has 0 unspecified atom stereocenters. The van der Waals surface area contributed by atoms with Crippen LogP contribution in [0.3, 0.4) is 0 Å². The van der Waals surface area contributed by atoms with Crippen LogP contribution in [0.2, 0.25) is 0 Å². The van der Waals surface area contributed by atoms with Gasteiger partial charge in [-0.25, -0.2) is 0 Å². The molecule has 6 heteroatoms. The maximum Gasteiger partial charge on any atom is 0.222 e. The van der Waals surface area contributed by atoms with Crippen LogP contribution in [0.5, 0.6) is 0 Å². The maximum absolute atomic E-state index is 12.0. The smallest absolute Gasteiger partial charge is 0.222 e. The van der Waals surface area contributed by atoms with Crippen LogP contribution in [0.15, 0.2) is 0 Å². The van der Waals surface area contributed by atoms with Crippen molar-refractivity contribution in [2.45, 2.75) is 39.7 Å². The number of carbonyl (C=O) groups is 1. The molecule has 0 radical (unpaired) electrons. The Bertz CT molecular complexity index is 415. The van der Waals surface area contributed by atoms with E-state index < -0.39 is 0 Å². The van der Waals surface area contributed by atoms with E-state index in [-0.39, 0.29) is 11.3 Å². The normalized spacial score (nSPS) is 20.4. The third-order valence-electron chi connectivity index (χ3n) is 3.35. The van der Waals surface area contributed by atoms with Gasteiger partial charge in [-0.3, -0.25) is 4.79 Å². The van der Waals surface area contributed by atoms with Gasteiger partial charge < -0.3 is 10.6 Å². The molecule has 1 aromatic heterocycles. The molecule has 1 aromatic rings. The van der Waals surface area contributed by atoms with Gasteiger partial charge in [-0.2, -0.15) is 0 Å². The molecule has 5 nitrogen and oxygen atoms in total. The molecule has 17 heavy (non-hydrogen) atoms. The highest BCUT2D eigenvalue weighted by Gasteiger charge is 2.28. The van der Waals surface area contributed by atoms with Crippen molar-refractivity contribution in [1.29, 1.82) is 0 Å². The fourth-order valence-electron chi connectivity index (χ4n) is 1.96. The zero-order chi connectivity index (χ0) is 12.5. The van der Waals surface area contributed by atoms with Gasteiger partial charge in [0, 0.05) is 24.5 Å². The molecule has 0 atom stereocenters. The van der Waals surface area contributed by atoms with Crippen molar-refractivity contribution in [2.24, 2.45) is 5.41 Å². The summed E-state index contributed by atoms with van der Waals surface area (Å²) in [7, 11) is 0. The molecule has 0 bridgehead atoms. The number of hydrogen-bond acceptors (Lipinski definition) is 5. The molecule has 94 valence electrons. The third kappa shape index (κ3) is 2.94. The van der Waals surface area contributed by atoms with E-state index in [9.17, 15) is 4.79 Å².